The summed E-state index contributed by atoms with van der Waals surface area (Å²) >= 11 is 0. The van der Waals surface area contributed by atoms with Crippen molar-refractivity contribution in [3.8, 4) is 22.8 Å². The molecule has 0 atom stereocenters. The third-order valence-corrected chi connectivity index (χ3v) is 8.94. The monoisotopic (exact) mass is 605 g/mol. The van der Waals surface area contributed by atoms with E-state index in [1.165, 1.54) is 23.5 Å². The van der Waals surface area contributed by atoms with Gasteiger partial charge in [-0.3, -0.25) is 4.79 Å². The van der Waals surface area contributed by atoms with E-state index in [2.05, 4.69) is 5.32 Å². The fourth-order valence-electron chi connectivity index (χ4n) is 4.72. The molecule has 0 unspecified atom stereocenters. The Balaban J connectivity index is 1.34. The number of carbonyl (C=O) groups is 2. The molecule has 4 aromatic rings. The van der Waals surface area contributed by atoms with E-state index >= 15 is 0 Å². The molecule has 1 saturated heterocycles. The molecule has 0 bridgehead atoms. The van der Waals surface area contributed by atoms with E-state index in [0.29, 0.717) is 58.1 Å². The molecule has 0 radical (unpaired) electrons. The minimum Gasteiger partial charge on any atom is -0.493 e. The molecule has 1 aliphatic heterocycles. The molecule has 1 aromatic heterocycles. The van der Waals surface area contributed by atoms with Crippen LogP contribution in [0.5, 0.6) is 11.5 Å². The van der Waals surface area contributed by atoms with Gasteiger partial charge in [-0.2, -0.15) is 4.31 Å². The fraction of sp³-hybridized carbons (Fsp3) is 0.258. The van der Waals surface area contributed by atoms with Gasteiger partial charge in [0, 0.05) is 29.7 Å². The van der Waals surface area contributed by atoms with Crippen molar-refractivity contribution < 1.29 is 37.0 Å². The summed E-state index contributed by atoms with van der Waals surface area (Å²) < 4.78 is 48.9. The number of nitrogens with zero attached hydrogens (tertiary/aromatic N) is 2. The van der Waals surface area contributed by atoms with Gasteiger partial charge in [-0.15, -0.1) is 0 Å². The lowest BCUT2D eigenvalue weighted by molar-refractivity contribution is -0.119. The van der Waals surface area contributed by atoms with Crippen LogP contribution < -0.4 is 14.8 Å². The van der Waals surface area contributed by atoms with Gasteiger partial charge in [0.1, 0.15) is 0 Å². The third-order valence-electron chi connectivity index (χ3n) is 7.04. The minimum absolute atomic E-state index is 0.0539. The van der Waals surface area contributed by atoms with Crippen molar-refractivity contribution in [2.75, 3.05) is 52.4 Å². The van der Waals surface area contributed by atoms with Crippen LogP contribution in [0.25, 0.3) is 22.2 Å². The van der Waals surface area contributed by atoms with Crippen LogP contribution in [-0.4, -0.2) is 76.7 Å². The topological polar surface area (TPSA) is 133 Å². The number of methoxy groups -OCH3 is 2. The number of carbonyl (C=O) groups excluding carboxylic acids is 2. The average Bonchev–Trinajstić information content (AvgIpc) is 3.04. The molecule has 224 valence electrons. The number of amides is 1. The van der Waals surface area contributed by atoms with Crippen molar-refractivity contribution in [1.82, 2.24) is 9.29 Å². The van der Waals surface area contributed by atoms with Crippen molar-refractivity contribution in [2.24, 2.45) is 0 Å². The number of sulfonamides is 1. The largest absolute Gasteiger partial charge is 0.493 e. The predicted octanol–water partition coefficient (Wildman–Crippen LogP) is 4.04. The number of aromatic nitrogens is 1. The number of ether oxygens (including phenoxy) is 4. The lowest BCUT2D eigenvalue weighted by Crippen LogP contribution is -2.40. The van der Waals surface area contributed by atoms with Gasteiger partial charge < -0.3 is 24.3 Å². The number of morpholine rings is 1. The second-order valence-corrected chi connectivity index (χ2v) is 11.7. The molecular formula is C31H31N3O8S. The van der Waals surface area contributed by atoms with E-state index in [1.54, 1.807) is 62.6 Å². The zero-order chi connectivity index (χ0) is 30.6. The maximum absolute atomic E-state index is 13.3. The van der Waals surface area contributed by atoms with Crippen LogP contribution in [0.3, 0.4) is 0 Å². The number of hydrogen-bond acceptors (Lipinski definition) is 9. The van der Waals surface area contributed by atoms with Gasteiger partial charge in [0.25, 0.3) is 5.91 Å². The van der Waals surface area contributed by atoms with Crippen LogP contribution in [0.4, 0.5) is 5.69 Å². The average molecular weight is 606 g/mol. The summed E-state index contributed by atoms with van der Waals surface area (Å²) in [6.07, 6.45) is 0. The molecule has 1 amide bonds. The van der Waals surface area contributed by atoms with E-state index in [-0.39, 0.29) is 23.5 Å². The van der Waals surface area contributed by atoms with Gasteiger partial charge in [-0.1, -0.05) is 24.3 Å². The molecule has 3 aromatic carbocycles. The van der Waals surface area contributed by atoms with Crippen LogP contribution in [0.2, 0.25) is 0 Å². The number of pyridine rings is 1. The molecule has 1 fully saturated rings. The highest BCUT2D eigenvalue weighted by Gasteiger charge is 2.27. The van der Waals surface area contributed by atoms with Crippen molar-refractivity contribution in [1.29, 1.82) is 0 Å². The molecule has 1 aliphatic rings. The first kappa shape index (κ1) is 30.0. The first-order valence-corrected chi connectivity index (χ1v) is 14.9. The van der Waals surface area contributed by atoms with E-state index in [4.69, 9.17) is 23.9 Å². The second-order valence-electron chi connectivity index (χ2n) is 9.76. The highest BCUT2D eigenvalue weighted by atomic mass is 32.2. The van der Waals surface area contributed by atoms with Crippen molar-refractivity contribution in [3.63, 3.8) is 0 Å². The van der Waals surface area contributed by atoms with E-state index in [1.807, 2.05) is 6.07 Å². The van der Waals surface area contributed by atoms with Crippen LogP contribution in [0.1, 0.15) is 15.9 Å². The van der Waals surface area contributed by atoms with Gasteiger partial charge in [0.15, 0.2) is 18.1 Å². The number of nitrogens with one attached hydrogen (secondary N) is 1. The van der Waals surface area contributed by atoms with Crippen LogP contribution >= 0.6 is 0 Å². The van der Waals surface area contributed by atoms with Crippen LogP contribution in [0, 0.1) is 6.92 Å². The molecule has 1 N–H and O–H groups in total. The van der Waals surface area contributed by atoms with Crippen molar-refractivity contribution in [3.05, 3.63) is 77.9 Å². The lowest BCUT2D eigenvalue weighted by Gasteiger charge is -2.26. The Morgan fingerprint density at radius 2 is 1.70 bits per heavy atom. The van der Waals surface area contributed by atoms with E-state index < -0.39 is 28.5 Å². The Morgan fingerprint density at radius 3 is 2.44 bits per heavy atom. The molecule has 43 heavy (non-hydrogen) atoms. The highest BCUT2D eigenvalue weighted by Crippen LogP contribution is 2.33. The maximum atomic E-state index is 13.3. The first-order chi connectivity index (χ1) is 20.7. The Bertz CT molecular complexity index is 1790. The van der Waals surface area contributed by atoms with Gasteiger partial charge >= 0.3 is 5.97 Å². The number of benzene rings is 3. The van der Waals surface area contributed by atoms with Gasteiger partial charge in [-0.25, -0.2) is 18.2 Å². The van der Waals surface area contributed by atoms with Gasteiger partial charge in [-0.05, 0) is 55.0 Å². The summed E-state index contributed by atoms with van der Waals surface area (Å²) in [4.78, 5) is 30.9. The molecule has 2 heterocycles. The molecule has 0 saturated carbocycles. The summed E-state index contributed by atoms with van der Waals surface area (Å²) in [6, 6.07) is 18.6. The SMILES string of the molecule is COc1ccc(-c2cc(C(=O)OCC(=O)Nc3cc(S(=O)(=O)N4CCOCC4)ccc3C)c3ccccc3n2)cc1OC. The quantitative estimate of drug-likeness (QED) is 0.281. The standard InChI is InChI=1S/C31H31N3O8S/c1-20-8-10-22(43(37,38)34-12-14-41-15-13-34)17-26(20)33-30(35)19-42-31(36)24-18-27(32-25-7-5-4-6-23(24)25)21-9-11-28(39-2)29(16-21)40-3/h4-11,16-18H,12-15,19H2,1-3H3,(H,33,35). The number of aryl methyl sites for hydroxylation is 1. The number of esters is 1. The summed E-state index contributed by atoms with van der Waals surface area (Å²) in [5.41, 5.74) is 2.96. The third kappa shape index (κ3) is 6.46. The van der Waals surface area contributed by atoms with Crippen molar-refractivity contribution in [2.45, 2.75) is 11.8 Å². The Kier molecular flexibility index (Phi) is 8.90. The zero-order valence-corrected chi connectivity index (χ0v) is 24.8. The number of para-hydroxylation sites is 1. The first-order valence-electron chi connectivity index (χ1n) is 13.5. The summed E-state index contributed by atoms with van der Waals surface area (Å²) in [7, 11) is -0.684. The smallest absolute Gasteiger partial charge is 0.339 e. The normalized spacial score (nSPS) is 13.8. The Labute approximate surface area is 249 Å². The number of anilines is 1. The minimum atomic E-state index is -3.76. The van der Waals surface area contributed by atoms with Crippen LogP contribution in [0.15, 0.2) is 71.6 Å². The number of fused-ring (bicyclic) bond motifs is 1. The maximum Gasteiger partial charge on any atom is 0.339 e. The Morgan fingerprint density at radius 1 is 0.953 bits per heavy atom. The van der Waals surface area contributed by atoms with Crippen molar-refractivity contribution >= 4 is 38.5 Å². The molecule has 12 heteroatoms. The second kappa shape index (κ2) is 12.8. The van der Waals surface area contributed by atoms with E-state index in [0.717, 1.165) is 0 Å². The molecule has 5 rings (SSSR count). The Hall–Kier alpha value is -4.52. The van der Waals surface area contributed by atoms with Gasteiger partial charge in [0.2, 0.25) is 10.0 Å². The molecule has 0 spiro atoms. The molecule has 11 nitrogen and oxygen atoms in total. The lowest BCUT2D eigenvalue weighted by atomic mass is 10.0. The number of rotatable bonds is 9. The fourth-order valence-corrected chi connectivity index (χ4v) is 6.15. The summed E-state index contributed by atoms with van der Waals surface area (Å²) in [5, 5.41) is 3.23. The van der Waals surface area contributed by atoms with Gasteiger partial charge in [0.05, 0.1) is 49.1 Å². The van der Waals surface area contributed by atoms with E-state index in [9.17, 15) is 18.0 Å². The molecular weight excluding hydrogens is 574 g/mol. The predicted molar refractivity (Wildman–Crippen MR) is 160 cm³/mol. The summed E-state index contributed by atoms with van der Waals surface area (Å²) in [5.74, 6) is -0.267. The summed E-state index contributed by atoms with van der Waals surface area (Å²) in [6.45, 7) is 2.31. The van der Waals surface area contributed by atoms with Crippen LogP contribution in [-0.2, 0) is 24.3 Å². The highest BCUT2D eigenvalue weighted by molar-refractivity contribution is 7.89. The number of hydrogen-bond donors (Lipinski definition) is 1. The molecule has 0 aliphatic carbocycles. The zero-order valence-electron chi connectivity index (χ0n) is 24.0.